The molecule has 30 heavy (non-hydrogen) atoms. The number of likely N-dealkylation sites (tertiary alicyclic amines) is 1. The highest BCUT2D eigenvalue weighted by molar-refractivity contribution is 9.10. The molecule has 0 aliphatic carbocycles. The summed E-state index contributed by atoms with van der Waals surface area (Å²) in [4.78, 5) is 39.9. The summed E-state index contributed by atoms with van der Waals surface area (Å²) in [5.41, 5.74) is -2.29. The zero-order chi connectivity index (χ0) is 22.6. The molecule has 1 aromatic rings. The molecule has 0 radical (unpaired) electrons. The lowest BCUT2D eigenvalue weighted by molar-refractivity contribution is -0.155. The molecule has 10 heteroatoms. The molecule has 3 rings (SSSR count). The second-order valence-electron chi connectivity index (χ2n) is 8.48. The number of amides is 2. The van der Waals surface area contributed by atoms with Crippen LogP contribution in [0.4, 0.5) is 0 Å². The zero-order valence-electron chi connectivity index (χ0n) is 17.4. The number of carboxylic acid groups (broad SMARTS) is 1. The highest BCUT2D eigenvalue weighted by atomic mass is 79.9. The van der Waals surface area contributed by atoms with Crippen LogP contribution in [0.1, 0.15) is 32.4 Å². The molecule has 2 amide bonds. The van der Waals surface area contributed by atoms with Crippen molar-refractivity contribution in [2.24, 2.45) is 11.8 Å². The number of aliphatic hydroxyl groups is 1. The van der Waals surface area contributed by atoms with Crippen molar-refractivity contribution in [2.75, 3.05) is 20.8 Å². The summed E-state index contributed by atoms with van der Waals surface area (Å²) >= 11 is 3.40. The van der Waals surface area contributed by atoms with Gasteiger partial charge >= 0.3 is 5.97 Å². The number of rotatable bonds is 5. The number of hydrogen-bond acceptors (Lipinski definition) is 7. The van der Waals surface area contributed by atoms with Crippen LogP contribution < -0.4 is 14.8 Å². The highest BCUT2D eigenvalue weighted by Gasteiger charge is 2.69. The largest absolute Gasteiger partial charge is 0.493 e. The molecule has 0 saturated carbocycles. The standard InChI is InChI=1S/C20H25BrN2O7/c1-19(2,3)23-16(25)12-13(17(23)26)20(8-24,18(27)28)22-14(12)9-6-10(21)15(30-5)11(7-9)29-4/h6-7,12-14,22,24H,8H2,1-5H3,(H,27,28). The van der Waals surface area contributed by atoms with Gasteiger partial charge in [-0.25, -0.2) is 0 Å². The van der Waals surface area contributed by atoms with Gasteiger partial charge < -0.3 is 19.7 Å². The Hall–Kier alpha value is -2.17. The first-order valence-electron chi connectivity index (χ1n) is 9.36. The van der Waals surface area contributed by atoms with Gasteiger partial charge in [0.2, 0.25) is 11.8 Å². The number of halogens is 1. The number of ether oxygens (including phenoxy) is 2. The zero-order valence-corrected chi connectivity index (χ0v) is 18.9. The fraction of sp³-hybridized carbons (Fsp3) is 0.550. The minimum atomic E-state index is -1.98. The number of nitrogens with zero attached hydrogens (tertiary/aromatic N) is 1. The number of nitrogens with one attached hydrogen (secondary N) is 1. The second-order valence-corrected chi connectivity index (χ2v) is 9.34. The maximum absolute atomic E-state index is 13.3. The van der Waals surface area contributed by atoms with Crippen LogP contribution in [0.25, 0.3) is 0 Å². The van der Waals surface area contributed by atoms with Crippen molar-refractivity contribution in [1.82, 2.24) is 10.2 Å². The highest BCUT2D eigenvalue weighted by Crippen LogP contribution is 2.51. The minimum Gasteiger partial charge on any atom is -0.493 e. The Bertz CT molecular complexity index is 913. The topological polar surface area (TPSA) is 125 Å². The normalized spacial score (nSPS) is 28.6. The number of aliphatic carboxylic acids is 1. The fourth-order valence-electron chi connectivity index (χ4n) is 4.48. The van der Waals surface area contributed by atoms with E-state index in [2.05, 4.69) is 21.2 Å². The first-order chi connectivity index (χ1) is 13.9. The van der Waals surface area contributed by atoms with Crippen molar-refractivity contribution >= 4 is 33.7 Å². The summed E-state index contributed by atoms with van der Waals surface area (Å²) < 4.78 is 11.2. The third-order valence-electron chi connectivity index (χ3n) is 5.77. The molecule has 2 aliphatic rings. The molecule has 0 spiro atoms. The number of carbonyl (C=O) groups is 3. The van der Waals surface area contributed by atoms with E-state index < -0.39 is 53.3 Å². The van der Waals surface area contributed by atoms with Crippen molar-refractivity contribution in [3.8, 4) is 11.5 Å². The van der Waals surface area contributed by atoms with Gasteiger partial charge in [-0.3, -0.25) is 24.6 Å². The van der Waals surface area contributed by atoms with Gasteiger partial charge in [-0.1, -0.05) is 0 Å². The van der Waals surface area contributed by atoms with Gasteiger partial charge in [0.15, 0.2) is 17.0 Å². The van der Waals surface area contributed by atoms with Crippen molar-refractivity contribution < 1.29 is 34.1 Å². The van der Waals surface area contributed by atoms with Crippen LogP contribution in [0.2, 0.25) is 0 Å². The Morgan fingerprint density at radius 3 is 2.33 bits per heavy atom. The van der Waals surface area contributed by atoms with Crippen LogP contribution in [0.3, 0.4) is 0 Å². The number of hydrogen-bond donors (Lipinski definition) is 3. The molecule has 2 fully saturated rings. The molecule has 3 N–H and O–H groups in total. The molecular weight excluding hydrogens is 460 g/mol. The van der Waals surface area contributed by atoms with E-state index in [0.29, 0.717) is 21.5 Å². The van der Waals surface area contributed by atoms with Gasteiger partial charge in [-0.15, -0.1) is 0 Å². The van der Waals surface area contributed by atoms with Crippen molar-refractivity contribution in [3.05, 3.63) is 22.2 Å². The maximum Gasteiger partial charge on any atom is 0.327 e. The van der Waals surface area contributed by atoms with E-state index in [1.54, 1.807) is 32.9 Å². The number of imide groups is 1. The average molecular weight is 485 g/mol. The lowest BCUT2D eigenvalue weighted by Crippen LogP contribution is -2.59. The molecule has 164 valence electrons. The fourth-order valence-corrected chi connectivity index (χ4v) is 5.10. The van der Waals surface area contributed by atoms with Crippen molar-refractivity contribution in [2.45, 2.75) is 37.9 Å². The summed E-state index contributed by atoms with van der Waals surface area (Å²) in [6.07, 6.45) is 0. The first-order valence-corrected chi connectivity index (χ1v) is 10.1. The van der Waals surface area contributed by atoms with Crippen LogP contribution in [0, 0.1) is 11.8 Å². The quantitative estimate of drug-likeness (QED) is 0.534. The van der Waals surface area contributed by atoms with Crippen molar-refractivity contribution in [3.63, 3.8) is 0 Å². The summed E-state index contributed by atoms with van der Waals surface area (Å²) in [6, 6.07) is 2.48. The van der Waals surface area contributed by atoms with Gasteiger partial charge in [-0.2, -0.15) is 0 Å². The van der Waals surface area contributed by atoms with Gasteiger partial charge in [0.1, 0.15) is 0 Å². The summed E-state index contributed by atoms with van der Waals surface area (Å²) in [6.45, 7) is 4.29. The van der Waals surface area contributed by atoms with Crippen LogP contribution >= 0.6 is 15.9 Å². The number of aliphatic hydroxyl groups excluding tert-OH is 1. The molecule has 4 atom stereocenters. The van der Waals surface area contributed by atoms with Gasteiger partial charge in [0.25, 0.3) is 0 Å². The third kappa shape index (κ3) is 3.09. The summed E-state index contributed by atoms with van der Waals surface area (Å²) in [5.74, 6) is -3.90. The van der Waals surface area contributed by atoms with Crippen molar-refractivity contribution in [1.29, 1.82) is 0 Å². The molecule has 9 nitrogen and oxygen atoms in total. The Balaban J connectivity index is 2.20. The Morgan fingerprint density at radius 2 is 1.87 bits per heavy atom. The van der Waals surface area contributed by atoms with Crippen LogP contribution in [0.15, 0.2) is 16.6 Å². The van der Waals surface area contributed by atoms with Crippen LogP contribution in [-0.2, 0) is 14.4 Å². The molecule has 2 saturated heterocycles. The second kappa shape index (κ2) is 7.51. The van der Waals surface area contributed by atoms with E-state index in [0.717, 1.165) is 4.90 Å². The molecule has 4 unspecified atom stereocenters. The smallest absolute Gasteiger partial charge is 0.327 e. The van der Waals surface area contributed by atoms with E-state index in [1.165, 1.54) is 14.2 Å². The Morgan fingerprint density at radius 1 is 1.23 bits per heavy atom. The lowest BCUT2D eigenvalue weighted by atomic mass is 9.79. The Labute approximate surface area is 182 Å². The van der Waals surface area contributed by atoms with E-state index in [-0.39, 0.29) is 0 Å². The maximum atomic E-state index is 13.3. The van der Waals surface area contributed by atoms with E-state index >= 15 is 0 Å². The third-order valence-corrected chi connectivity index (χ3v) is 6.36. The van der Waals surface area contributed by atoms with Gasteiger partial charge in [0.05, 0.1) is 37.1 Å². The molecule has 2 aliphatic heterocycles. The van der Waals surface area contributed by atoms with E-state index in [9.17, 15) is 24.6 Å². The lowest BCUT2D eigenvalue weighted by Gasteiger charge is -2.34. The van der Waals surface area contributed by atoms with E-state index in [4.69, 9.17) is 9.47 Å². The predicted molar refractivity (Wildman–Crippen MR) is 109 cm³/mol. The number of carbonyl (C=O) groups excluding carboxylic acids is 2. The molecule has 0 bridgehead atoms. The van der Waals surface area contributed by atoms with Gasteiger partial charge in [-0.05, 0) is 54.4 Å². The van der Waals surface area contributed by atoms with Gasteiger partial charge in [0, 0.05) is 11.6 Å². The number of carboxylic acids is 1. The van der Waals surface area contributed by atoms with Crippen LogP contribution in [-0.4, -0.2) is 64.8 Å². The monoisotopic (exact) mass is 484 g/mol. The minimum absolute atomic E-state index is 0.376. The first kappa shape index (κ1) is 22.5. The summed E-state index contributed by atoms with van der Waals surface area (Å²) in [5, 5.41) is 22.9. The van der Waals surface area contributed by atoms with Crippen LogP contribution in [0.5, 0.6) is 11.5 Å². The SMILES string of the molecule is COc1cc(C2NC(CO)(C(=O)O)C3C(=O)N(C(C)(C)C)C(=O)C23)cc(Br)c1OC. The number of fused-ring (bicyclic) bond motifs is 1. The summed E-state index contributed by atoms with van der Waals surface area (Å²) in [7, 11) is 2.94. The Kier molecular flexibility index (Phi) is 5.63. The average Bonchev–Trinajstić information content (AvgIpc) is 3.15. The number of benzene rings is 1. The molecular formula is C20H25BrN2O7. The molecule has 2 heterocycles. The predicted octanol–water partition coefficient (Wildman–Crippen LogP) is 1.33. The number of methoxy groups -OCH3 is 2. The molecule has 1 aromatic carbocycles. The van der Waals surface area contributed by atoms with E-state index in [1.807, 2.05) is 0 Å². The molecule has 0 aromatic heterocycles.